The summed E-state index contributed by atoms with van der Waals surface area (Å²) in [6.45, 7) is 5.14. The largest absolute Gasteiger partial charge is 0.497 e. The minimum absolute atomic E-state index is 0.798. The van der Waals surface area contributed by atoms with E-state index in [1.54, 1.807) is 14.2 Å². The molecule has 0 aliphatic heterocycles. The van der Waals surface area contributed by atoms with Crippen LogP contribution in [0.1, 0.15) is 16.7 Å². The summed E-state index contributed by atoms with van der Waals surface area (Å²) in [6.07, 6.45) is 0. The zero-order chi connectivity index (χ0) is 18.5. The third kappa shape index (κ3) is 3.83. The van der Waals surface area contributed by atoms with Crippen molar-refractivity contribution in [2.75, 3.05) is 19.1 Å². The number of nitrogens with zero attached hydrogens (tertiary/aromatic N) is 1. The Hall–Kier alpha value is -2.94. The van der Waals surface area contributed by atoms with Crippen LogP contribution in [-0.2, 0) is 6.54 Å². The molecule has 0 radical (unpaired) electrons. The molecule has 0 amide bonds. The van der Waals surface area contributed by atoms with Crippen LogP contribution in [0.3, 0.4) is 0 Å². The molecule has 0 aromatic heterocycles. The fourth-order valence-electron chi connectivity index (χ4n) is 3.01. The van der Waals surface area contributed by atoms with Crippen LogP contribution in [0.2, 0.25) is 0 Å². The Bertz CT molecular complexity index is 807. The van der Waals surface area contributed by atoms with Gasteiger partial charge in [0.25, 0.3) is 0 Å². The van der Waals surface area contributed by atoms with Crippen molar-refractivity contribution in [1.29, 1.82) is 0 Å². The number of ether oxygens (including phenoxy) is 2. The second-order valence-corrected chi connectivity index (χ2v) is 6.34. The summed E-state index contributed by atoms with van der Waals surface area (Å²) < 4.78 is 10.6. The summed E-state index contributed by atoms with van der Waals surface area (Å²) in [4.78, 5) is 2.31. The fraction of sp³-hybridized carbons (Fsp3) is 0.217. The smallest absolute Gasteiger partial charge is 0.119 e. The highest BCUT2D eigenvalue weighted by molar-refractivity contribution is 5.65. The van der Waals surface area contributed by atoms with Crippen LogP contribution < -0.4 is 14.4 Å². The van der Waals surface area contributed by atoms with Gasteiger partial charge in [0.05, 0.1) is 14.2 Å². The molecule has 0 aliphatic rings. The Balaban J connectivity index is 2.00. The molecule has 3 heteroatoms. The Morgan fingerprint density at radius 1 is 0.692 bits per heavy atom. The molecule has 3 nitrogen and oxygen atoms in total. The quantitative estimate of drug-likeness (QED) is 0.574. The van der Waals surface area contributed by atoms with E-state index in [-0.39, 0.29) is 0 Å². The van der Waals surface area contributed by atoms with E-state index < -0.39 is 0 Å². The van der Waals surface area contributed by atoms with Gasteiger partial charge in [0, 0.05) is 17.9 Å². The van der Waals surface area contributed by atoms with Gasteiger partial charge >= 0.3 is 0 Å². The third-order valence-electron chi connectivity index (χ3n) is 4.81. The number of hydrogen-bond donors (Lipinski definition) is 0. The van der Waals surface area contributed by atoms with Crippen molar-refractivity contribution in [3.05, 3.63) is 83.4 Å². The zero-order valence-corrected chi connectivity index (χ0v) is 15.8. The van der Waals surface area contributed by atoms with Crippen molar-refractivity contribution in [2.24, 2.45) is 0 Å². The molecule has 0 saturated carbocycles. The molecule has 0 spiro atoms. The van der Waals surface area contributed by atoms with Gasteiger partial charge in [0.2, 0.25) is 0 Å². The number of aryl methyl sites for hydroxylation is 1. The van der Waals surface area contributed by atoms with Gasteiger partial charge in [0.15, 0.2) is 0 Å². The second kappa shape index (κ2) is 7.96. The van der Waals surface area contributed by atoms with Crippen LogP contribution in [0, 0.1) is 13.8 Å². The molecule has 3 aromatic rings. The summed E-state index contributed by atoms with van der Waals surface area (Å²) >= 11 is 0. The van der Waals surface area contributed by atoms with E-state index in [1.165, 1.54) is 16.7 Å². The molecule has 0 unspecified atom stereocenters. The van der Waals surface area contributed by atoms with Crippen molar-refractivity contribution < 1.29 is 9.47 Å². The van der Waals surface area contributed by atoms with Crippen molar-refractivity contribution in [2.45, 2.75) is 20.4 Å². The highest BCUT2D eigenvalue weighted by Gasteiger charge is 2.13. The van der Waals surface area contributed by atoms with Crippen LogP contribution in [0.5, 0.6) is 11.5 Å². The molecule has 3 rings (SSSR count). The number of benzene rings is 3. The monoisotopic (exact) mass is 347 g/mol. The standard InChI is InChI=1S/C23H25NO2/c1-17-6-5-7-19(18(17)2)16-24(20-8-12-22(25-3)13-9-20)21-10-14-23(26-4)15-11-21/h5-15H,16H2,1-4H3. The van der Waals surface area contributed by atoms with E-state index in [1.807, 2.05) is 24.3 Å². The topological polar surface area (TPSA) is 21.7 Å². The van der Waals surface area contributed by atoms with E-state index in [4.69, 9.17) is 9.47 Å². The summed E-state index contributed by atoms with van der Waals surface area (Å²) in [5.41, 5.74) is 6.21. The first-order valence-corrected chi connectivity index (χ1v) is 8.73. The first kappa shape index (κ1) is 17.9. The SMILES string of the molecule is COc1ccc(N(Cc2cccc(C)c2C)c2ccc(OC)cc2)cc1. The molecular formula is C23H25NO2. The molecule has 0 atom stereocenters. The van der Waals surface area contributed by atoms with Gasteiger partial charge < -0.3 is 14.4 Å². The van der Waals surface area contributed by atoms with Crippen molar-refractivity contribution >= 4 is 11.4 Å². The van der Waals surface area contributed by atoms with Crippen molar-refractivity contribution in [3.63, 3.8) is 0 Å². The Labute approximate surface area is 155 Å². The average molecular weight is 347 g/mol. The highest BCUT2D eigenvalue weighted by atomic mass is 16.5. The number of methoxy groups -OCH3 is 2. The molecule has 0 fully saturated rings. The molecule has 0 N–H and O–H groups in total. The van der Waals surface area contributed by atoms with Gasteiger partial charge in [-0.1, -0.05) is 18.2 Å². The summed E-state index contributed by atoms with van der Waals surface area (Å²) in [5, 5.41) is 0. The van der Waals surface area contributed by atoms with Gasteiger partial charge in [0.1, 0.15) is 11.5 Å². The number of rotatable bonds is 6. The lowest BCUT2D eigenvalue weighted by Gasteiger charge is -2.26. The number of anilines is 2. The first-order valence-electron chi connectivity index (χ1n) is 8.73. The van der Waals surface area contributed by atoms with Gasteiger partial charge in [-0.25, -0.2) is 0 Å². The molecule has 0 aliphatic carbocycles. The maximum atomic E-state index is 5.30. The maximum absolute atomic E-state index is 5.30. The van der Waals surface area contributed by atoms with Crippen molar-refractivity contribution in [1.82, 2.24) is 0 Å². The summed E-state index contributed by atoms with van der Waals surface area (Å²) in [5.74, 6) is 1.71. The average Bonchev–Trinajstić information content (AvgIpc) is 2.69. The minimum Gasteiger partial charge on any atom is -0.497 e. The summed E-state index contributed by atoms with van der Waals surface area (Å²) in [6, 6.07) is 22.8. The fourth-order valence-corrected chi connectivity index (χ4v) is 3.01. The Morgan fingerprint density at radius 3 is 1.65 bits per heavy atom. The second-order valence-electron chi connectivity index (χ2n) is 6.34. The van der Waals surface area contributed by atoms with Crippen LogP contribution in [0.4, 0.5) is 11.4 Å². The molecule has 0 heterocycles. The van der Waals surface area contributed by atoms with Gasteiger partial charge in [-0.05, 0) is 79.1 Å². The predicted octanol–water partition coefficient (Wildman–Crippen LogP) is 5.66. The van der Waals surface area contributed by atoms with E-state index in [0.29, 0.717) is 0 Å². The lowest BCUT2D eigenvalue weighted by Crippen LogP contribution is -2.17. The minimum atomic E-state index is 0.798. The molecule has 26 heavy (non-hydrogen) atoms. The molecule has 0 bridgehead atoms. The van der Waals surface area contributed by atoms with Crippen LogP contribution in [0.25, 0.3) is 0 Å². The van der Waals surface area contributed by atoms with E-state index >= 15 is 0 Å². The van der Waals surface area contributed by atoms with Crippen molar-refractivity contribution in [3.8, 4) is 11.5 Å². The van der Waals surface area contributed by atoms with Crippen LogP contribution in [-0.4, -0.2) is 14.2 Å². The van der Waals surface area contributed by atoms with E-state index in [9.17, 15) is 0 Å². The summed E-state index contributed by atoms with van der Waals surface area (Å²) in [7, 11) is 3.37. The zero-order valence-electron chi connectivity index (χ0n) is 15.8. The van der Waals surface area contributed by atoms with E-state index in [2.05, 4.69) is 61.2 Å². The predicted molar refractivity (Wildman–Crippen MR) is 108 cm³/mol. The molecule has 134 valence electrons. The van der Waals surface area contributed by atoms with Gasteiger partial charge in [-0.3, -0.25) is 0 Å². The van der Waals surface area contributed by atoms with Gasteiger partial charge in [-0.15, -0.1) is 0 Å². The Morgan fingerprint density at radius 2 is 1.19 bits per heavy atom. The van der Waals surface area contributed by atoms with Gasteiger partial charge in [-0.2, -0.15) is 0 Å². The lowest BCUT2D eigenvalue weighted by molar-refractivity contribution is 0.415. The van der Waals surface area contributed by atoms with Crippen LogP contribution >= 0.6 is 0 Å². The Kier molecular flexibility index (Phi) is 5.47. The number of hydrogen-bond acceptors (Lipinski definition) is 3. The maximum Gasteiger partial charge on any atom is 0.119 e. The van der Waals surface area contributed by atoms with Crippen LogP contribution in [0.15, 0.2) is 66.7 Å². The molecule has 3 aromatic carbocycles. The normalized spacial score (nSPS) is 10.5. The first-order chi connectivity index (χ1) is 12.6. The highest BCUT2D eigenvalue weighted by Crippen LogP contribution is 2.31. The van der Waals surface area contributed by atoms with E-state index in [0.717, 1.165) is 29.4 Å². The molecular weight excluding hydrogens is 322 g/mol. The molecule has 0 saturated heterocycles. The lowest BCUT2D eigenvalue weighted by atomic mass is 10.0. The third-order valence-corrected chi connectivity index (χ3v) is 4.81.